The molecule has 0 atom stereocenters. The van der Waals surface area contributed by atoms with Crippen LogP contribution in [-0.4, -0.2) is 37.0 Å². The minimum atomic E-state index is 1.09. The Morgan fingerprint density at radius 1 is 1.56 bits per heavy atom. The van der Waals surface area contributed by atoms with Gasteiger partial charge in [0.15, 0.2) is 5.17 Å². The maximum atomic E-state index is 4.08. The van der Waals surface area contributed by atoms with Crippen molar-refractivity contribution in [1.82, 2.24) is 4.90 Å². The highest BCUT2D eigenvalue weighted by Gasteiger charge is 1.96. The Balaban J connectivity index is 3.70. The van der Waals surface area contributed by atoms with Crippen molar-refractivity contribution >= 4 is 16.9 Å². The molecular weight excluding hydrogens is 132 g/mol. The second kappa shape index (κ2) is 4.68. The van der Waals surface area contributed by atoms with Crippen LogP contribution >= 0.6 is 11.8 Å². The number of hydrogen-bond acceptors (Lipinski definition) is 2. The molecule has 9 heavy (non-hydrogen) atoms. The SMILES string of the molecule is CCSC(=NC)N(C)C. The zero-order valence-electron chi connectivity index (χ0n) is 6.51. The summed E-state index contributed by atoms with van der Waals surface area (Å²) in [7, 11) is 5.83. The Morgan fingerprint density at radius 2 is 2.11 bits per heavy atom. The molecule has 0 aromatic carbocycles. The second-order valence-electron chi connectivity index (χ2n) is 1.83. The molecule has 0 bridgehead atoms. The fourth-order valence-corrected chi connectivity index (χ4v) is 1.17. The molecule has 0 aliphatic heterocycles. The summed E-state index contributed by atoms with van der Waals surface area (Å²) in [5, 5.41) is 1.09. The van der Waals surface area contributed by atoms with Gasteiger partial charge in [-0.15, -0.1) is 0 Å². The molecule has 0 amide bonds. The topological polar surface area (TPSA) is 15.6 Å². The van der Waals surface area contributed by atoms with E-state index in [-0.39, 0.29) is 0 Å². The van der Waals surface area contributed by atoms with E-state index in [2.05, 4.69) is 11.9 Å². The molecule has 54 valence electrons. The predicted molar refractivity (Wildman–Crippen MR) is 45.2 cm³/mol. The summed E-state index contributed by atoms with van der Waals surface area (Å²) < 4.78 is 0. The van der Waals surface area contributed by atoms with Gasteiger partial charge in [0, 0.05) is 21.1 Å². The highest BCUT2D eigenvalue weighted by atomic mass is 32.2. The van der Waals surface area contributed by atoms with Crippen LogP contribution in [-0.2, 0) is 0 Å². The van der Waals surface area contributed by atoms with Crippen LogP contribution in [0.25, 0.3) is 0 Å². The molecule has 0 rings (SSSR count). The quantitative estimate of drug-likeness (QED) is 0.409. The second-order valence-corrected chi connectivity index (χ2v) is 3.06. The van der Waals surface area contributed by atoms with Crippen LogP contribution in [0.2, 0.25) is 0 Å². The van der Waals surface area contributed by atoms with Crippen molar-refractivity contribution in [2.75, 3.05) is 26.9 Å². The molecule has 0 radical (unpaired) electrons. The summed E-state index contributed by atoms with van der Waals surface area (Å²) in [6.07, 6.45) is 0. The van der Waals surface area contributed by atoms with Crippen LogP contribution in [0.15, 0.2) is 4.99 Å². The first-order valence-electron chi connectivity index (χ1n) is 2.99. The van der Waals surface area contributed by atoms with Gasteiger partial charge in [0.2, 0.25) is 0 Å². The molecule has 0 saturated carbocycles. The normalized spacial score (nSPS) is 11.8. The van der Waals surface area contributed by atoms with Crippen molar-refractivity contribution < 1.29 is 0 Å². The highest BCUT2D eigenvalue weighted by molar-refractivity contribution is 8.13. The van der Waals surface area contributed by atoms with Crippen LogP contribution in [0.4, 0.5) is 0 Å². The minimum absolute atomic E-state index is 1.09. The zero-order valence-corrected chi connectivity index (χ0v) is 7.33. The monoisotopic (exact) mass is 146 g/mol. The lowest BCUT2D eigenvalue weighted by atomic mass is 10.9. The van der Waals surface area contributed by atoms with Gasteiger partial charge in [-0.3, -0.25) is 4.99 Å². The molecule has 0 aliphatic rings. The third kappa shape index (κ3) is 3.40. The van der Waals surface area contributed by atoms with Crippen LogP contribution in [0.1, 0.15) is 6.92 Å². The van der Waals surface area contributed by atoms with Crippen LogP contribution < -0.4 is 0 Å². The number of aliphatic imine (C=N–C) groups is 1. The van der Waals surface area contributed by atoms with Crippen LogP contribution in [0.5, 0.6) is 0 Å². The number of nitrogens with zero attached hydrogens (tertiary/aromatic N) is 2. The smallest absolute Gasteiger partial charge is 0.158 e. The molecule has 0 aromatic rings. The van der Waals surface area contributed by atoms with Gasteiger partial charge >= 0.3 is 0 Å². The average Bonchev–Trinajstić information content (AvgIpc) is 1.82. The van der Waals surface area contributed by atoms with Crippen molar-refractivity contribution in [3.05, 3.63) is 0 Å². The van der Waals surface area contributed by atoms with Gasteiger partial charge in [0.05, 0.1) is 0 Å². The van der Waals surface area contributed by atoms with E-state index < -0.39 is 0 Å². The largest absolute Gasteiger partial charge is 0.358 e. The van der Waals surface area contributed by atoms with Gasteiger partial charge in [-0.1, -0.05) is 18.7 Å². The Kier molecular flexibility index (Phi) is 4.58. The summed E-state index contributed by atoms with van der Waals surface area (Å²) in [6, 6.07) is 0. The molecular formula is C6H14N2S. The van der Waals surface area contributed by atoms with E-state index >= 15 is 0 Å². The summed E-state index contributed by atoms with van der Waals surface area (Å²) in [4.78, 5) is 6.10. The maximum Gasteiger partial charge on any atom is 0.158 e. The number of thioether (sulfide) groups is 1. The Hall–Kier alpha value is -0.180. The molecule has 0 N–H and O–H groups in total. The van der Waals surface area contributed by atoms with E-state index in [4.69, 9.17) is 0 Å². The van der Waals surface area contributed by atoms with E-state index in [9.17, 15) is 0 Å². The Bertz CT molecular complexity index is 99.2. The third-order valence-electron chi connectivity index (χ3n) is 0.847. The molecule has 0 fully saturated rings. The Morgan fingerprint density at radius 3 is 2.22 bits per heavy atom. The van der Waals surface area contributed by atoms with Crippen molar-refractivity contribution in [3.63, 3.8) is 0 Å². The zero-order chi connectivity index (χ0) is 7.28. The lowest BCUT2D eigenvalue weighted by Gasteiger charge is -2.12. The van der Waals surface area contributed by atoms with E-state index in [1.54, 1.807) is 11.8 Å². The van der Waals surface area contributed by atoms with Crippen molar-refractivity contribution in [2.45, 2.75) is 6.92 Å². The number of rotatable bonds is 1. The van der Waals surface area contributed by atoms with Crippen LogP contribution in [0.3, 0.4) is 0 Å². The van der Waals surface area contributed by atoms with Gasteiger partial charge in [0.1, 0.15) is 0 Å². The number of amidine groups is 1. The molecule has 0 heterocycles. The van der Waals surface area contributed by atoms with Crippen molar-refractivity contribution in [2.24, 2.45) is 4.99 Å². The van der Waals surface area contributed by atoms with E-state index in [1.165, 1.54) is 0 Å². The molecule has 0 aromatic heterocycles. The van der Waals surface area contributed by atoms with E-state index in [1.807, 2.05) is 26.0 Å². The molecule has 2 nitrogen and oxygen atoms in total. The van der Waals surface area contributed by atoms with Gasteiger partial charge in [-0.25, -0.2) is 0 Å². The summed E-state index contributed by atoms with van der Waals surface area (Å²) in [5.74, 6) is 1.09. The first-order valence-corrected chi connectivity index (χ1v) is 3.97. The predicted octanol–water partition coefficient (Wildman–Crippen LogP) is 1.29. The summed E-state index contributed by atoms with van der Waals surface area (Å²) in [6.45, 7) is 2.12. The lowest BCUT2D eigenvalue weighted by Crippen LogP contribution is -2.18. The van der Waals surface area contributed by atoms with Crippen molar-refractivity contribution in [3.8, 4) is 0 Å². The third-order valence-corrected chi connectivity index (χ3v) is 1.94. The van der Waals surface area contributed by atoms with Gasteiger partial charge in [-0.05, 0) is 5.75 Å². The minimum Gasteiger partial charge on any atom is -0.358 e. The highest BCUT2D eigenvalue weighted by Crippen LogP contribution is 2.03. The molecule has 0 aliphatic carbocycles. The molecule has 0 unspecified atom stereocenters. The fraction of sp³-hybridized carbons (Fsp3) is 0.833. The van der Waals surface area contributed by atoms with E-state index in [0.717, 1.165) is 10.9 Å². The fourth-order valence-electron chi connectivity index (χ4n) is 0.523. The maximum absolute atomic E-state index is 4.08. The van der Waals surface area contributed by atoms with Gasteiger partial charge in [-0.2, -0.15) is 0 Å². The van der Waals surface area contributed by atoms with Crippen LogP contribution in [0, 0.1) is 0 Å². The lowest BCUT2D eigenvalue weighted by molar-refractivity contribution is 0.635. The van der Waals surface area contributed by atoms with Gasteiger partial charge < -0.3 is 4.90 Å². The first-order chi connectivity index (χ1) is 4.22. The summed E-state index contributed by atoms with van der Waals surface area (Å²) in [5.41, 5.74) is 0. The average molecular weight is 146 g/mol. The molecule has 0 saturated heterocycles. The standard InChI is InChI=1S/C6H14N2S/c1-5-9-6(7-2)8(3)4/h5H2,1-4H3. The summed E-state index contributed by atoms with van der Waals surface area (Å²) >= 11 is 1.76. The van der Waals surface area contributed by atoms with Gasteiger partial charge in [0.25, 0.3) is 0 Å². The molecule has 3 heteroatoms. The van der Waals surface area contributed by atoms with Crippen molar-refractivity contribution in [1.29, 1.82) is 0 Å². The Labute approximate surface area is 61.3 Å². The molecule has 0 spiro atoms. The number of hydrogen-bond donors (Lipinski definition) is 0. The first kappa shape index (κ1) is 8.82. The van der Waals surface area contributed by atoms with E-state index in [0.29, 0.717) is 0 Å².